The molecule has 1 aromatic heterocycles. The summed E-state index contributed by atoms with van der Waals surface area (Å²) >= 11 is 0. The fourth-order valence-electron chi connectivity index (χ4n) is 7.18. The summed E-state index contributed by atoms with van der Waals surface area (Å²) in [6.07, 6.45) is 8.96. The second-order valence-corrected chi connectivity index (χ2v) is 13.2. The lowest BCUT2D eigenvalue weighted by Crippen LogP contribution is -2.51. The molecule has 3 aromatic rings. The number of piperidine rings is 3. The van der Waals surface area contributed by atoms with E-state index in [-0.39, 0.29) is 30.0 Å². The van der Waals surface area contributed by atoms with Crippen molar-refractivity contribution in [2.45, 2.75) is 76.4 Å². The minimum absolute atomic E-state index is 0.0622. The zero-order chi connectivity index (χ0) is 32.2. The fourth-order valence-corrected chi connectivity index (χ4v) is 7.18. The summed E-state index contributed by atoms with van der Waals surface area (Å²) in [5.74, 6) is 0.497. The number of aromatic nitrogens is 2. The zero-order valence-electron chi connectivity index (χ0n) is 26.8. The van der Waals surface area contributed by atoms with Gasteiger partial charge in [0.05, 0.1) is 6.04 Å². The Kier molecular flexibility index (Phi) is 9.84. The van der Waals surface area contributed by atoms with Crippen LogP contribution in [0.2, 0.25) is 0 Å². The van der Waals surface area contributed by atoms with E-state index in [1.165, 1.54) is 17.3 Å². The van der Waals surface area contributed by atoms with Gasteiger partial charge in [0.1, 0.15) is 17.9 Å². The topological polar surface area (TPSA) is 98.7 Å². The summed E-state index contributed by atoms with van der Waals surface area (Å²) in [4.78, 5) is 51.5. The summed E-state index contributed by atoms with van der Waals surface area (Å²) in [5.41, 5.74) is 5.25. The number of imide groups is 1. The Labute approximate surface area is 270 Å². The third kappa shape index (κ3) is 7.34. The highest BCUT2D eigenvalue weighted by Gasteiger charge is 2.31. The fraction of sp³-hybridized carbons (Fsp3) is 0.472. The molecule has 46 heavy (non-hydrogen) atoms. The van der Waals surface area contributed by atoms with Gasteiger partial charge in [-0.2, -0.15) is 0 Å². The van der Waals surface area contributed by atoms with Gasteiger partial charge in [-0.25, -0.2) is 14.4 Å². The average Bonchev–Trinajstić information content (AvgIpc) is 3.06. The summed E-state index contributed by atoms with van der Waals surface area (Å²) in [5, 5.41) is 2.38. The van der Waals surface area contributed by atoms with Crippen LogP contribution in [0, 0.1) is 12.7 Å². The normalized spacial score (nSPS) is 20.3. The van der Waals surface area contributed by atoms with Gasteiger partial charge in [-0.3, -0.25) is 29.5 Å². The molecule has 3 saturated heterocycles. The van der Waals surface area contributed by atoms with Crippen LogP contribution in [0.15, 0.2) is 48.8 Å². The third-order valence-electron chi connectivity index (χ3n) is 9.94. The SMILES string of the molecule is Cc1cnc(C2CCN(c3ccc(CN4CCC(c5cc(CN(C)C6CCC(=O)NC6=O)c(C=O)cc5F)CC4)cc3)CC2)nc1. The highest BCUT2D eigenvalue weighted by Crippen LogP contribution is 2.33. The molecule has 3 fully saturated rings. The van der Waals surface area contributed by atoms with Crippen molar-refractivity contribution in [1.82, 2.24) is 25.1 Å². The van der Waals surface area contributed by atoms with Crippen molar-refractivity contribution in [3.8, 4) is 0 Å². The number of carbonyl (C=O) groups is 3. The number of anilines is 1. The van der Waals surface area contributed by atoms with E-state index in [9.17, 15) is 14.4 Å². The van der Waals surface area contributed by atoms with E-state index in [0.29, 0.717) is 41.9 Å². The van der Waals surface area contributed by atoms with Gasteiger partial charge in [0, 0.05) is 62.2 Å². The van der Waals surface area contributed by atoms with Gasteiger partial charge in [0.2, 0.25) is 11.8 Å². The lowest BCUT2D eigenvalue weighted by molar-refractivity contribution is -0.137. The molecule has 1 unspecified atom stereocenters. The maximum absolute atomic E-state index is 15.3. The summed E-state index contributed by atoms with van der Waals surface area (Å²) < 4.78 is 15.3. The largest absolute Gasteiger partial charge is 0.371 e. The molecule has 4 heterocycles. The number of halogens is 1. The number of nitrogens with zero attached hydrogens (tertiary/aromatic N) is 5. The van der Waals surface area contributed by atoms with Gasteiger partial charge >= 0.3 is 0 Å². The van der Waals surface area contributed by atoms with Crippen LogP contribution in [0.4, 0.5) is 10.1 Å². The zero-order valence-corrected chi connectivity index (χ0v) is 26.8. The van der Waals surface area contributed by atoms with E-state index < -0.39 is 6.04 Å². The number of nitrogens with one attached hydrogen (secondary N) is 1. The molecule has 1 atom stereocenters. The number of aryl methyl sites for hydroxylation is 1. The Morgan fingerprint density at radius 1 is 0.957 bits per heavy atom. The van der Waals surface area contributed by atoms with Gasteiger partial charge in [-0.15, -0.1) is 0 Å². The Balaban J connectivity index is 1.02. The molecule has 0 saturated carbocycles. The van der Waals surface area contributed by atoms with Crippen LogP contribution < -0.4 is 10.2 Å². The number of aldehydes is 1. The molecule has 3 aliphatic rings. The lowest BCUT2D eigenvalue weighted by Gasteiger charge is -2.34. The summed E-state index contributed by atoms with van der Waals surface area (Å²) in [6, 6.07) is 11.6. The number of carbonyl (C=O) groups excluding carboxylic acids is 3. The van der Waals surface area contributed by atoms with E-state index in [1.54, 1.807) is 7.05 Å². The maximum Gasteiger partial charge on any atom is 0.243 e. The second-order valence-electron chi connectivity index (χ2n) is 13.2. The molecule has 3 aliphatic heterocycles. The van der Waals surface area contributed by atoms with E-state index in [0.717, 1.165) is 69.8 Å². The molecule has 6 rings (SSSR count). The van der Waals surface area contributed by atoms with Crippen molar-refractivity contribution in [2.75, 3.05) is 38.1 Å². The Morgan fingerprint density at radius 3 is 2.28 bits per heavy atom. The highest BCUT2D eigenvalue weighted by molar-refractivity contribution is 6.00. The Hall–Kier alpha value is -4.02. The molecule has 0 spiro atoms. The van der Waals surface area contributed by atoms with E-state index >= 15 is 4.39 Å². The number of likely N-dealkylation sites (tertiary alicyclic amines) is 1. The van der Waals surface area contributed by atoms with Gasteiger partial charge in [0.15, 0.2) is 0 Å². The first kappa shape index (κ1) is 31.9. The third-order valence-corrected chi connectivity index (χ3v) is 9.94. The molecule has 9 nitrogen and oxygen atoms in total. The minimum atomic E-state index is -0.464. The standard InChI is InChI=1S/C36H43FN6O3/c1-24-19-38-35(39-20-24)27-11-15-43(16-12-27)30-5-3-25(4-6-30)21-42-13-9-26(10-14-42)31-17-28(29(23-44)18-32(31)37)22-41(2)33-7-8-34(45)40-36(33)46/h3-6,17-20,23,26-27,33H,7-16,21-22H2,1-2H3,(H,40,45,46). The molecule has 2 aromatic carbocycles. The molecule has 1 N–H and O–H groups in total. The van der Waals surface area contributed by atoms with Crippen LogP contribution in [-0.4, -0.2) is 77.1 Å². The minimum Gasteiger partial charge on any atom is -0.371 e. The van der Waals surface area contributed by atoms with Crippen molar-refractivity contribution in [1.29, 1.82) is 0 Å². The number of likely N-dealkylation sites (N-methyl/N-ethyl adjacent to an activating group) is 1. The van der Waals surface area contributed by atoms with Crippen molar-refractivity contribution in [3.63, 3.8) is 0 Å². The van der Waals surface area contributed by atoms with Crippen LogP contribution in [0.25, 0.3) is 0 Å². The number of benzene rings is 2. The summed E-state index contributed by atoms with van der Waals surface area (Å²) in [6.45, 7) is 6.90. The number of hydrogen-bond donors (Lipinski definition) is 1. The number of rotatable bonds is 9. The maximum atomic E-state index is 15.3. The molecule has 0 bridgehead atoms. The number of amides is 2. The van der Waals surface area contributed by atoms with Crippen LogP contribution in [0.5, 0.6) is 0 Å². The van der Waals surface area contributed by atoms with Gasteiger partial charge in [0.25, 0.3) is 0 Å². The van der Waals surface area contributed by atoms with Crippen LogP contribution in [-0.2, 0) is 22.7 Å². The van der Waals surface area contributed by atoms with E-state index in [4.69, 9.17) is 0 Å². The average molecular weight is 627 g/mol. The van der Waals surface area contributed by atoms with Gasteiger partial charge in [-0.1, -0.05) is 18.2 Å². The Morgan fingerprint density at radius 2 is 1.63 bits per heavy atom. The second kappa shape index (κ2) is 14.2. The quantitative estimate of drug-likeness (QED) is 0.269. The van der Waals surface area contributed by atoms with Crippen LogP contribution in [0.1, 0.15) is 88.8 Å². The van der Waals surface area contributed by atoms with Gasteiger partial charge < -0.3 is 4.90 Å². The smallest absolute Gasteiger partial charge is 0.243 e. The van der Waals surface area contributed by atoms with Crippen LogP contribution in [0.3, 0.4) is 0 Å². The van der Waals surface area contributed by atoms with Crippen molar-refractivity contribution >= 4 is 23.8 Å². The van der Waals surface area contributed by atoms with E-state index in [1.807, 2.05) is 30.3 Å². The summed E-state index contributed by atoms with van der Waals surface area (Å²) in [7, 11) is 1.80. The first-order chi connectivity index (χ1) is 22.3. The number of hydrogen-bond acceptors (Lipinski definition) is 8. The predicted octanol–water partition coefficient (Wildman–Crippen LogP) is 4.74. The molecule has 242 valence electrons. The lowest BCUT2D eigenvalue weighted by atomic mass is 9.87. The van der Waals surface area contributed by atoms with Crippen molar-refractivity contribution in [3.05, 3.63) is 88.3 Å². The molecular weight excluding hydrogens is 583 g/mol. The predicted molar refractivity (Wildman–Crippen MR) is 174 cm³/mol. The first-order valence-corrected chi connectivity index (χ1v) is 16.4. The molecule has 10 heteroatoms. The van der Waals surface area contributed by atoms with Crippen molar-refractivity contribution in [2.24, 2.45) is 0 Å². The van der Waals surface area contributed by atoms with Gasteiger partial charge in [-0.05, 0) is 106 Å². The molecule has 0 aliphatic carbocycles. The molecule has 0 radical (unpaired) electrons. The Bertz CT molecular complexity index is 1550. The van der Waals surface area contributed by atoms with Crippen LogP contribution >= 0.6 is 0 Å². The molecule has 2 amide bonds. The van der Waals surface area contributed by atoms with E-state index in [2.05, 4.69) is 49.4 Å². The monoisotopic (exact) mass is 626 g/mol. The molecular formula is C36H43FN6O3. The highest BCUT2D eigenvalue weighted by atomic mass is 19.1. The first-order valence-electron chi connectivity index (χ1n) is 16.4. The van der Waals surface area contributed by atoms with Crippen molar-refractivity contribution < 1.29 is 18.8 Å².